The van der Waals surface area contributed by atoms with Gasteiger partial charge in [0.1, 0.15) is 14.2 Å². The standard InChI is InChI=1S/C33H40N2O7Si/c1-5-43(6-2,7-3)21-19-33(24-39-22-26-14-10-8-11-15-26)30(40-23-27-16-12-9-13-17-27)29(41-25(4)36)31(42-33)35-20-18-28(37)34-32(35)38/h8-18,20,29-31H,5-7,22-24H2,1-4H3,(H,34,37,38). The third-order valence-electron chi connectivity index (χ3n) is 8.07. The number of ether oxygens (including phenoxy) is 4. The number of rotatable bonds is 12. The molecule has 2 heterocycles. The number of aromatic nitrogens is 2. The number of carbonyl (C=O) groups excluding carboxylic acids is 1. The van der Waals surface area contributed by atoms with E-state index in [1.165, 1.54) is 23.8 Å². The molecule has 1 aliphatic rings. The second-order valence-electron chi connectivity index (χ2n) is 10.8. The molecule has 1 N–H and O–H groups in total. The van der Waals surface area contributed by atoms with Gasteiger partial charge >= 0.3 is 11.7 Å². The van der Waals surface area contributed by atoms with Gasteiger partial charge in [-0.25, -0.2) is 4.79 Å². The number of nitrogens with one attached hydrogen (secondary N) is 1. The van der Waals surface area contributed by atoms with Crippen molar-refractivity contribution >= 4 is 14.0 Å². The average molecular weight is 605 g/mol. The lowest BCUT2D eigenvalue weighted by molar-refractivity contribution is -0.158. The van der Waals surface area contributed by atoms with E-state index in [4.69, 9.17) is 18.9 Å². The summed E-state index contributed by atoms with van der Waals surface area (Å²) in [5, 5.41) is 0. The molecule has 3 aromatic rings. The normalized spacial score (nSPS) is 21.6. The van der Waals surface area contributed by atoms with Crippen molar-refractivity contribution in [3.05, 3.63) is 105 Å². The minimum Gasteiger partial charge on any atom is -0.455 e. The summed E-state index contributed by atoms with van der Waals surface area (Å²) >= 11 is 0. The lowest BCUT2D eigenvalue weighted by atomic mass is 9.96. The molecular weight excluding hydrogens is 564 g/mol. The molecule has 4 rings (SSSR count). The Labute approximate surface area is 253 Å². The zero-order valence-electron chi connectivity index (χ0n) is 25.2. The van der Waals surface area contributed by atoms with Crippen LogP contribution < -0.4 is 11.2 Å². The van der Waals surface area contributed by atoms with E-state index in [-0.39, 0.29) is 13.2 Å². The van der Waals surface area contributed by atoms with E-state index in [0.29, 0.717) is 6.61 Å². The highest BCUT2D eigenvalue weighted by atomic mass is 28.3. The van der Waals surface area contributed by atoms with Gasteiger partial charge in [-0.15, -0.1) is 5.54 Å². The summed E-state index contributed by atoms with van der Waals surface area (Å²) in [6.45, 7) is 8.24. The lowest BCUT2D eigenvalue weighted by Crippen LogP contribution is -2.49. The minimum atomic E-state index is -2.00. The summed E-state index contributed by atoms with van der Waals surface area (Å²) in [5.41, 5.74) is 2.84. The molecule has 0 bridgehead atoms. The first-order chi connectivity index (χ1) is 20.7. The van der Waals surface area contributed by atoms with Crippen LogP contribution in [0.25, 0.3) is 0 Å². The van der Waals surface area contributed by atoms with Gasteiger partial charge < -0.3 is 18.9 Å². The fourth-order valence-corrected chi connectivity index (χ4v) is 7.82. The Morgan fingerprint density at radius 2 is 1.56 bits per heavy atom. The van der Waals surface area contributed by atoms with E-state index in [1.807, 2.05) is 60.7 Å². The number of esters is 1. The van der Waals surface area contributed by atoms with Gasteiger partial charge in [0.2, 0.25) is 0 Å². The summed E-state index contributed by atoms with van der Waals surface area (Å²) in [4.78, 5) is 39.6. The van der Waals surface area contributed by atoms with E-state index < -0.39 is 49.3 Å². The molecule has 228 valence electrons. The topological polar surface area (TPSA) is 109 Å². The van der Waals surface area contributed by atoms with Crippen molar-refractivity contribution in [3.63, 3.8) is 0 Å². The fourth-order valence-electron chi connectivity index (χ4n) is 5.31. The maximum Gasteiger partial charge on any atom is 0.330 e. The molecule has 0 aliphatic carbocycles. The first kappa shape index (κ1) is 32.2. The summed E-state index contributed by atoms with van der Waals surface area (Å²) in [6, 6.07) is 23.4. The Kier molecular flexibility index (Phi) is 10.9. The molecule has 43 heavy (non-hydrogen) atoms. The monoisotopic (exact) mass is 604 g/mol. The Hall–Kier alpha value is -3.75. The van der Waals surface area contributed by atoms with Crippen molar-refractivity contribution in [2.24, 2.45) is 0 Å². The van der Waals surface area contributed by atoms with Crippen LogP contribution in [0.2, 0.25) is 18.1 Å². The number of H-pyrrole nitrogens is 1. The van der Waals surface area contributed by atoms with E-state index in [1.54, 1.807) is 0 Å². The van der Waals surface area contributed by atoms with Gasteiger partial charge in [-0.1, -0.05) is 87.4 Å². The number of aromatic amines is 1. The summed E-state index contributed by atoms with van der Waals surface area (Å²) in [5.74, 6) is 2.88. The SMILES string of the molecule is CC[Si](C#CC1(COCc2ccccc2)OC(n2ccc(=O)[nH]c2=O)C(OC(C)=O)C1OCc1ccccc1)(CC)CC. The number of hydrogen-bond acceptors (Lipinski definition) is 7. The van der Waals surface area contributed by atoms with Crippen molar-refractivity contribution in [2.45, 2.75) is 83.1 Å². The van der Waals surface area contributed by atoms with E-state index in [9.17, 15) is 14.4 Å². The van der Waals surface area contributed by atoms with Crippen molar-refractivity contribution < 1.29 is 23.7 Å². The van der Waals surface area contributed by atoms with Crippen LogP contribution in [0, 0.1) is 11.5 Å². The van der Waals surface area contributed by atoms with Crippen molar-refractivity contribution in [1.82, 2.24) is 9.55 Å². The van der Waals surface area contributed by atoms with Crippen LogP contribution in [0.3, 0.4) is 0 Å². The molecule has 1 fully saturated rings. The molecule has 0 radical (unpaired) electrons. The predicted octanol–water partition coefficient (Wildman–Crippen LogP) is 4.59. The van der Waals surface area contributed by atoms with Crippen LogP contribution >= 0.6 is 0 Å². The zero-order valence-corrected chi connectivity index (χ0v) is 26.2. The first-order valence-electron chi connectivity index (χ1n) is 14.7. The minimum absolute atomic E-state index is 0.0116. The van der Waals surface area contributed by atoms with E-state index >= 15 is 0 Å². The molecule has 10 heteroatoms. The number of benzene rings is 2. The summed E-state index contributed by atoms with van der Waals surface area (Å²) < 4.78 is 26.6. The molecule has 0 amide bonds. The highest BCUT2D eigenvalue weighted by Crippen LogP contribution is 2.41. The molecule has 4 unspecified atom stereocenters. The molecule has 2 aromatic carbocycles. The molecule has 0 spiro atoms. The van der Waals surface area contributed by atoms with Crippen molar-refractivity contribution in [1.29, 1.82) is 0 Å². The Morgan fingerprint density at radius 1 is 0.953 bits per heavy atom. The average Bonchev–Trinajstić information content (AvgIpc) is 3.30. The second-order valence-corrected chi connectivity index (χ2v) is 15.7. The lowest BCUT2D eigenvalue weighted by Gasteiger charge is -2.31. The smallest absolute Gasteiger partial charge is 0.330 e. The maximum absolute atomic E-state index is 13.0. The first-order valence-corrected chi connectivity index (χ1v) is 17.3. The highest BCUT2D eigenvalue weighted by Gasteiger charge is 2.59. The number of hydrogen-bond donors (Lipinski definition) is 1. The molecule has 1 aromatic heterocycles. The highest BCUT2D eigenvalue weighted by molar-refractivity contribution is 6.87. The van der Waals surface area contributed by atoms with Crippen LogP contribution in [0.15, 0.2) is 82.5 Å². The molecule has 9 nitrogen and oxygen atoms in total. The van der Waals surface area contributed by atoms with Gasteiger partial charge in [0, 0.05) is 19.2 Å². The van der Waals surface area contributed by atoms with Gasteiger partial charge in [0.05, 0.1) is 19.8 Å². The van der Waals surface area contributed by atoms with Gasteiger partial charge in [-0.2, -0.15) is 0 Å². The van der Waals surface area contributed by atoms with Gasteiger partial charge in [-0.05, 0) is 29.3 Å². The van der Waals surface area contributed by atoms with Gasteiger partial charge in [-0.3, -0.25) is 19.1 Å². The maximum atomic E-state index is 13.0. The number of nitrogens with zero attached hydrogens (tertiary/aromatic N) is 1. The van der Waals surface area contributed by atoms with Gasteiger partial charge in [0.25, 0.3) is 5.56 Å². The van der Waals surface area contributed by atoms with Crippen molar-refractivity contribution in [2.75, 3.05) is 6.61 Å². The second kappa shape index (κ2) is 14.6. The Morgan fingerprint density at radius 3 is 2.12 bits per heavy atom. The Bertz CT molecular complexity index is 1520. The summed E-state index contributed by atoms with van der Waals surface area (Å²) in [6.07, 6.45) is -1.81. The number of carbonyl (C=O) groups is 1. The fraction of sp³-hybridized carbons (Fsp3) is 0.424. The third kappa shape index (κ3) is 7.80. The van der Waals surface area contributed by atoms with Crippen LogP contribution in [0.4, 0.5) is 0 Å². The molecule has 0 saturated carbocycles. The third-order valence-corrected chi connectivity index (χ3v) is 12.8. The van der Waals surface area contributed by atoms with Crippen LogP contribution in [-0.4, -0.2) is 48.0 Å². The predicted molar refractivity (Wildman–Crippen MR) is 166 cm³/mol. The molecule has 1 aliphatic heterocycles. The molecule has 4 atom stereocenters. The van der Waals surface area contributed by atoms with Crippen LogP contribution in [-0.2, 0) is 37.0 Å². The van der Waals surface area contributed by atoms with Crippen LogP contribution in [0.1, 0.15) is 45.0 Å². The Balaban J connectivity index is 1.85. The largest absolute Gasteiger partial charge is 0.455 e. The van der Waals surface area contributed by atoms with E-state index in [0.717, 1.165) is 29.3 Å². The van der Waals surface area contributed by atoms with Crippen molar-refractivity contribution in [3.8, 4) is 11.5 Å². The molecular formula is C33H40N2O7Si. The van der Waals surface area contributed by atoms with Gasteiger partial charge in [0.15, 0.2) is 17.9 Å². The molecule has 1 saturated heterocycles. The van der Waals surface area contributed by atoms with Crippen LogP contribution in [0.5, 0.6) is 0 Å². The zero-order chi connectivity index (χ0) is 30.9. The van der Waals surface area contributed by atoms with E-state index in [2.05, 4.69) is 37.2 Å². The quantitative estimate of drug-likeness (QED) is 0.183. The summed E-state index contributed by atoms with van der Waals surface area (Å²) in [7, 11) is -2.00.